The summed E-state index contributed by atoms with van der Waals surface area (Å²) in [7, 11) is 0. The van der Waals surface area contributed by atoms with Crippen molar-refractivity contribution in [2.45, 2.75) is 24.9 Å². The van der Waals surface area contributed by atoms with Crippen molar-refractivity contribution in [1.82, 2.24) is 0 Å². The number of benzene rings is 2. The fourth-order valence-electron chi connectivity index (χ4n) is 2.82. The summed E-state index contributed by atoms with van der Waals surface area (Å²) in [5.74, 6) is 0.476. The van der Waals surface area contributed by atoms with E-state index in [9.17, 15) is 9.50 Å². The van der Waals surface area contributed by atoms with Gasteiger partial charge in [0.05, 0.1) is 12.7 Å². The summed E-state index contributed by atoms with van der Waals surface area (Å²) in [6.07, 6.45) is 0.591. The predicted octanol–water partition coefficient (Wildman–Crippen LogP) is 3.95. The van der Waals surface area contributed by atoms with E-state index in [1.807, 2.05) is 24.3 Å². The molecule has 110 valence electrons. The molecular weight excluding hydrogens is 291 g/mol. The Kier molecular flexibility index (Phi) is 4.13. The molecule has 1 N–H and O–H groups in total. The van der Waals surface area contributed by atoms with Crippen LogP contribution in [0.5, 0.6) is 5.75 Å². The Morgan fingerprint density at radius 2 is 2.10 bits per heavy atom. The van der Waals surface area contributed by atoms with Gasteiger partial charge in [-0.05, 0) is 35.7 Å². The van der Waals surface area contributed by atoms with Crippen molar-refractivity contribution in [3.63, 3.8) is 0 Å². The van der Waals surface area contributed by atoms with Gasteiger partial charge in [-0.2, -0.15) is 0 Å². The fraction of sp³-hybridized carbons (Fsp3) is 0.294. The molecule has 4 heteroatoms. The number of ether oxygens (including phenoxy) is 1. The van der Waals surface area contributed by atoms with Crippen LogP contribution in [0.3, 0.4) is 0 Å². The first-order valence-electron chi connectivity index (χ1n) is 6.99. The minimum atomic E-state index is -0.571. The minimum Gasteiger partial charge on any atom is -0.493 e. The smallest absolute Gasteiger partial charge is 0.124 e. The molecule has 0 spiro atoms. The van der Waals surface area contributed by atoms with E-state index in [2.05, 4.69) is 0 Å². The standard InChI is InChI=1S/C17H16ClFO2/c18-15-10-12(19)6-5-11(15)9-16(20)13-7-8-21-17-4-2-1-3-14(13)17/h1-6,10,13,16,20H,7-9H2. The fourth-order valence-corrected chi connectivity index (χ4v) is 3.07. The highest BCUT2D eigenvalue weighted by molar-refractivity contribution is 6.31. The number of rotatable bonds is 3. The number of aliphatic hydroxyl groups is 1. The van der Waals surface area contributed by atoms with Crippen molar-refractivity contribution in [3.8, 4) is 5.75 Å². The summed E-state index contributed by atoms with van der Waals surface area (Å²) in [5.41, 5.74) is 1.78. The molecule has 2 nitrogen and oxygen atoms in total. The van der Waals surface area contributed by atoms with Gasteiger partial charge in [-0.1, -0.05) is 35.9 Å². The second-order valence-corrected chi connectivity index (χ2v) is 5.70. The number of para-hydroxylation sites is 1. The Bertz CT molecular complexity index is 644. The van der Waals surface area contributed by atoms with E-state index < -0.39 is 6.10 Å². The molecule has 3 rings (SSSR count). The van der Waals surface area contributed by atoms with Crippen LogP contribution < -0.4 is 4.74 Å². The molecule has 0 aromatic heterocycles. The molecule has 0 saturated heterocycles. The summed E-state index contributed by atoms with van der Waals surface area (Å²) in [4.78, 5) is 0. The van der Waals surface area contributed by atoms with Crippen molar-refractivity contribution < 1.29 is 14.2 Å². The maximum absolute atomic E-state index is 13.1. The normalized spacial score (nSPS) is 18.7. The lowest BCUT2D eigenvalue weighted by atomic mass is 9.85. The second kappa shape index (κ2) is 6.04. The number of aliphatic hydroxyl groups excluding tert-OH is 1. The van der Waals surface area contributed by atoms with Crippen LogP contribution in [0.2, 0.25) is 5.02 Å². The van der Waals surface area contributed by atoms with E-state index in [0.29, 0.717) is 18.1 Å². The third-order valence-corrected chi connectivity index (χ3v) is 4.27. The topological polar surface area (TPSA) is 29.5 Å². The first-order chi connectivity index (χ1) is 10.1. The highest BCUT2D eigenvalue weighted by atomic mass is 35.5. The average Bonchev–Trinajstić information content (AvgIpc) is 2.49. The Labute approximate surface area is 128 Å². The van der Waals surface area contributed by atoms with E-state index in [1.165, 1.54) is 12.1 Å². The lowest BCUT2D eigenvalue weighted by molar-refractivity contribution is 0.116. The monoisotopic (exact) mass is 306 g/mol. The number of fused-ring (bicyclic) bond motifs is 1. The van der Waals surface area contributed by atoms with Gasteiger partial charge in [-0.15, -0.1) is 0 Å². The quantitative estimate of drug-likeness (QED) is 0.930. The first kappa shape index (κ1) is 14.4. The van der Waals surface area contributed by atoms with Crippen LogP contribution in [-0.4, -0.2) is 17.8 Å². The van der Waals surface area contributed by atoms with Gasteiger partial charge < -0.3 is 9.84 Å². The van der Waals surface area contributed by atoms with Crippen LogP contribution in [0.15, 0.2) is 42.5 Å². The highest BCUT2D eigenvalue weighted by Crippen LogP contribution is 2.36. The largest absolute Gasteiger partial charge is 0.493 e. The van der Waals surface area contributed by atoms with Crippen LogP contribution in [-0.2, 0) is 6.42 Å². The van der Waals surface area contributed by atoms with Crippen LogP contribution in [0.25, 0.3) is 0 Å². The molecule has 1 aliphatic heterocycles. The Balaban J connectivity index is 1.81. The number of halogens is 2. The molecule has 2 atom stereocenters. The lowest BCUT2D eigenvalue weighted by Gasteiger charge is -2.29. The maximum Gasteiger partial charge on any atom is 0.124 e. The molecule has 2 unspecified atom stereocenters. The van der Waals surface area contributed by atoms with Crippen molar-refractivity contribution >= 4 is 11.6 Å². The summed E-state index contributed by atoms with van der Waals surface area (Å²) < 4.78 is 18.7. The predicted molar refractivity (Wildman–Crippen MR) is 80.4 cm³/mol. The maximum atomic E-state index is 13.1. The third kappa shape index (κ3) is 3.04. The minimum absolute atomic E-state index is 0.0102. The zero-order chi connectivity index (χ0) is 14.8. The van der Waals surface area contributed by atoms with Crippen molar-refractivity contribution in [2.24, 2.45) is 0 Å². The average molecular weight is 307 g/mol. The van der Waals surface area contributed by atoms with Crippen LogP contribution in [0, 0.1) is 5.82 Å². The summed E-state index contributed by atoms with van der Waals surface area (Å²) >= 11 is 6.04. The van der Waals surface area contributed by atoms with Crippen molar-refractivity contribution in [3.05, 3.63) is 64.4 Å². The molecule has 0 bridgehead atoms. The second-order valence-electron chi connectivity index (χ2n) is 5.29. The SMILES string of the molecule is OC(Cc1ccc(F)cc1Cl)C1CCOc2ccccc21. The van der Waals surface area contributed by atoms with Gasteiger partial charge in [0.15, 0.2) is 0 Å². The lowest BCUT2D eigenvalue weighted by Crippen LogP contribution is -2.26. The Morgan fingerprint density at radius 1 is 1.29 bits per heavy atom. The van der Waals surface area contributed by atoms with E-state index in [4.69, 9.17) is 16.3 Å². The molecule has 0 saturated carbocycles. The Morgan fingerprint density at radius 3 is 2.90 bits per heavy atom. The molecule has 1 heterocycles. The summed E-state index contributed by atoms with van der Waals surface area (Å²) in [6.45, 7) is 0.593. The van der Waals surface area contributed by atoms with Crippen LogP contribution >= 0.6 is 11.6 Å². The van der Waals surface area contributed by atoms with Gasteiger partial charge in [-0.3, -0.25) is 0 Å². The van der Waals surface area contributed by atoms with Crippen molar-refractivity contribution in [2.75, 3.05) is 6.61 Å². The molecule has 2 aromatic carbocycles. The van der Waals surface area contributed by atoms with Gasteiger partial charge in [0, 0.05) is 17.4 Å². The zero-order valence-electron chi connectivity index (χ0n) is 11.4. The molecule has 21 heavy (non-hydrogen) atoms. The van der Waals surface area contributed by atoms with Crippen LogP contribution in [0.4, 0.5) is 4.39 Å². The molecule has 0 aliphatic carbocycles. The summed E-state index contributed by atoms with van der Waals surface area (Å²) in [5, 5.41) is 10.9. The van der Waals surface area contributed by atoms with Crippen LogP contribution in [0.1, 0.15) is 23.5 Å². The van der Waals surface area contributed by atoms with E-state index in [1.54, 1.807) is 6.07 Å². The highest BCUT2D eigenvalue weighted by Gasteiger charge is 2.28. The zero-order valence-corrected chi connectivity index (χ0v) is 12.2. The van der Waals surface area contributed by atoms with Crippen molar-refractivity contribution in [1.29, 1.82) is 0 Å². The molecule has 0 amide bonds. The van der Waals surface area contributed by atoms with Gasteiger partial charge in [0.25, 0.3) is 0 Å². The third-order valence-electron chi connectivity index (χ3n) is 3.91. The molecule has 1 aliphatic rings. The summed E-state index contributed by atoms with van der Waals surface area (Å²) in [6, 6.07) is 12.0. The first-order valence-corrected chi connectivity index (χ1v) is 7.36. The van der Waals surface area contributed by atoms with E-state index >= 15 is 0 Å². The van der Waals surface area contributed by atoms with Gasteiger partial charge in [0.1, 0.15) is 11.6 Å². The Hall–Kier alpha value is -1.58. The number of hydrogen-bond donors (Lipinski definition) is 1. The van der Waals surface area contributed by atoms with Gasteiger partial charge in [0.2, 0.25) is 0 Å². The molecule has 0 fully saturated rings. The molecule has 2 aromatic rings. The van der Waals surface area contributed by atoms with Gasteiger partial charge in [-0.25, -0.2) is 4.39 Å². The van der Waals surface area contributed by atoms with Gasteiger partial charge >= 0.3 is 0 Å². The van der Waals surface area contributed by atoms with E-state index in [-0.39, 0.29) is 11.7 Å². The molecule has 0 radical (unpaired) electrons. The molecular formula is C17H16ClFO2. The number of hydrogen-bond acceptors (Lipinski definition) is 2. The van der Waals surface area contributed by atoms with E-state index in [0.717, 1.165) is 23.3 Å².